The zero-order valence-corrected chi connectivity index (χ0v) is 12.1. The van der Waals surface area contributed by atoms with E-state index in [9.17, 15) is 0 Å². The monoisotopic (exact) mass is 254 g/mol. The van der Waals surface area contributed by atoms with Crippen molar-refractivity contribution < 1.29 is 0 Å². The summed E-state index contributed by atoms with van der Waals surface area (Å²) in [5.41, 5.74) is 0. The largest absolute Gasteiger partial charge is 0.353 e. The van der Waals surface area contributed by atoms with Gasteiger partial charge in [0.25, 0.3) is 0 Å². The zero-order valence-electron chi connectivity index (χ0n) is 11.2. The molecule has 2 aliphatic heterocycles. The van der Waals surface area contributed by atoms with E-state index in [4.69, 9.17) is 4.99 Å². The lowest BCUT2D eigenvalue weighted by Gasteiger charge is -2.31. The minimum Gasteiger partial charge on any atom is -0.353 e. The van der Waals surface area contributed by atoms with Crippen molar-refractivity contribution in [3.63, 3.8) is 0 Å². The van der Waals surface area contributed by atoms with Crippen LogP contribution in [0, 0.1) is 0 Å². The summed E-state index contributed by atoms with van der Waals surface area (Å²) >= 11 is 0. The number of thiol groups is 1. The average molecular weight is 254 g/mol. The van der Waals surface area contributed by atoms with Crippen LogP contribution >= 0.6 is 10.9 Å². The molecule has 2 atom stereocenters. The number of amidine groups is 1. The van der Waals surface area contributed by atoms with Crippen molar-refractivity contribution in [3.05, 3.63) is 11.5 Å². The van der Waals surface area contributed by atoms with Gasteiger partial charge in [-0.3, -0.25) is 4.99 Å². The fraction of sp³-hybridized carbons (Fsp3) is 0.786. The predicted octanol–water partition coefficient (Wildman–Crippen LogP) is 3.55. The molecule has 1 fully saturated rings. The molecule has 0 radical (unpaired) electrons. The quantitative estimate of drug-likeness (QED) is 0.762. The molecule has 2 nitrogen and oxygen atoms in total. The van der Waals surface area contributed by atoms with Crippen LogP contribution in [0.15, 0.2) is 16.5 Å². The second-order valence-corrected chi connectivity index (χ2v) is 7.15. The first kappa shape index (κ1) is 13.0. The van der Waals surface area contributed by atoms with Crippen LogP contribution in [0.5, 0.6) is 0 Å². The molecule has 0 N–H and O–H groups in total. The molecule has 0 spiro atoms. The van der Waals surface area contributed by atoms with E-state index in [-0.39, 0.29) is 10.9 Å². The van der Waals surface area contributed by atoms with E-state index in [1.54, 1.807) is 0 Å². The Labute approximate surface area is 109 Å². The summed E-state index contributed by atoms with van der Waals surface area (Å²) in [6.45, 7) is 6.99. The zero-order chi connectivity index (χ0) is 12.1. The van der Waals surface area contributed by atoms with Crippen molar-refractivity contribution in [2.75, 3.05) is 18.8 Å². The summed E-state index contributed by atoms with van der Waals surface area (Å²) in [6, 6.07) is 0.546. The number of hydrogen-bond donors (Lipinski definition) is 1. The smallest absolute Gasteiger partial charge is 0.142 e. The van der Waals surface area contributed by atoms with Gasteiger partial charge in [-0.25, -0.2) is 0 Å². The molecule has 0 aromatic carbocycles. The molecule has 0 saturated carbocycles. The Morgan fingerprint density at radius 1 is 1.35 bits per heavy atom. The van der Waals surface area contributed by atoms with E-state index in [0.29, 0.717) is 6.04 Å². The van der Waals surface area contributed by atoms with Crippen LogP contribution in [0.1, 0.15) is 46.0 Å². The number of piperidine rings is 1. The Morgan fingerprint density at radius 3 is 2.82 bits per heavy atom. The van der Waals surface area contributed by atoms with Gasteiger partial charge in [0.05, 0.1) is 6.04 Å². The van der Waals surface area contributed by atoms with E-state index in [1.165, 1.54) is 56.1 Å². The van der Waals surface area contributed by atoms with Gasteiger partial charge in [-0.1, -0.05) is 19.4 Å². The molecule has 2 heterocycles. The molecule has 3 heteroatoms. The Balaban J connectivity index is 1.98. The standard InChI is InChI=1S/C14H26N2S/c1-3-4-8-11-17-12-13(2)15-14(17)16-9-6-5-7-10-16/h8,11,13,17H,3-7,9-10,12H2,1-2H3. The lowest BCUT2D eigenvalue weighted by atomic mass is 10.1. The Morgan fingerprint density at radius 2 is 2.12 bits per heavy atom. The highest BCUT2D eigenvalue weighted by Gasteiger charge is 2.26. The fourth-order valence-electron chi connectivity index (χ4n) is 2.53. The second-order valence-electron chi connectivity index (χ2n) is 5.15. The molecule has 0 amide bonds. The number of likely N-dealkylation sites (tertiary alicyclic amines) is 1. The molecule has 98 valence electrons. The van der Waals surface area contributed by atoms with E-state index < -0.39 is 0 Å². The molecule has 2 unspecified atom stereocenters. The summed E-state index contributed by atoms with van der Waals surface area (Å²) < 4.78 is 0. The minimum absolute atomic E-state index is 0.0870. The molecular formula is C14H26N2S. The average Bonchev–Trinajstić information content (AvgIpc) is 2.72. The number of hydrogen-bond acceptors (Lipinski definition) is 2. The first-order valence-electron chi connectivity index (χ1n) is 7.07. The number of unbranched alkanes of at least 4 members (excludes halogenated alkanes) is 1. The molecule has 0 aliphatic carbocycles. The Bertz CT molecular complexity index is 293. The predicted molar refractivity (Wildman–Crippen MR) is 80.2 cm³/mol. The number of rotatable bonds is 3. The van der Waals surface area contributed by atoms with Gasteiger partial charge in [-0.05, 0) is 38.0 Å². The summed E-state index contributed by atoms with van der Waals surface area (Å²) in [7, 11) is -0.0870. The van der Waals surface area contributed by atoms with Crippen molar-refractivity contribution in [1.82, 2.24) is 4.90 Å². The lowest BCUT2D eigenvalue weighted by Crippen LogP contribution is -2.34. The second kappa shape index (κ2) is 6.48. The lowest BCUT2D eigenvalue weighted by molar-refractivity contribution is 0.347. The number of nitrogens with zero attached hydrogens (tertiary/aromatic N) is 2. The SMILES string of the molecule is CCCC=C[SH]1CC(C)N=C1N1CCCCC1. The summed E-state index contributed by atoms with van der Waals surface area (Å²) in [5, 5.41) is 3.91. The molecule has 17 heavy (non-hydrogen) atoms. The van der Waals surface area contributed by atoms with Gasteiger partial charge in [0.15, 0.2) is 0 Å². The maximum Gasteiger partial charge on any atom is 0.142 e. The van der Waals surface area contributed by atoms with Gasteiger partial charge < -0.3 is 4.90 Å². The summed E-state index contributed by atoms with van der Waals surface area (Å²) in [5.74, 6) is 1.28. The fourth-order valence-corrected chi connectivity index (χ4v) is 4.91. The third-order valence-corrected chi connectivity index (χ3v) is 5.84. The van der Waals surface area contributed by atoms with Gasteiger partial charge in [-0.2, -0.15) is 10.9 Å². The number of aliphatic imine (C=N–C) groups is 1. The summed E-state index contributed by atoms with van der Waals surface area (Å²) in [6.07, 6.45) is 8.97. The third kappa shape index (κ3) is 3.51. The molecule has 2 aliphatic rings. The third-order valence-electron chi connectivity index (χ3n) is 3.43. The van der Waals surface area contributed by atoms with Crippen LogP contribution in [0.2, 0.25) is 0 Å². The first-order valence-corrected chi connectivity index (χ1v) is 8.67. The van der Waals surface area contributed by atoms with Crippen molar-refractivity contribution in [1.29, 1.82) is 0 Å². The van der Waals surface area contributed by atoms with Crippen molar-refractivity contribution in [3.8, 4) is 0 Å². The normalized spacial score (nSPS) is 32.1. The topological polar surface area (TPSA) is 15.6 Å². The Hall–Kier alpha value is -0.440. The Kier molecular flexibility index (Phi) is 4.96. The summed E-state index contributed by atoms with van der Waals surface area (Å²) in [4.78, 5) is 7.46. The van der Waals surface area contributed by atoms with Crippen LogP contribution in [0.3, 0.4) is 0 Å². The van der Waals surface area contributed by atoms with Crippen LogP contribution < -0.4 is 0 Å². The molecule has 1 saturated heterocycles. The molecule has 0 aromatic rings. The van der Waals surface area contributed by atoms with Crippen LogP contribution in [0.25, 0.3) is 0 Å². The highest BCUT2D eigenvalue weighted by Crippen LogP contribution is 2.38. The van der Waals surface area contributed by atoms with Crippen molar-refractivity contribution >= 4 is 16.1 Å². The minimum atomic E-state index is -0.0870. The van der Waals surface area contributed by atoms with Gasteiger partial charge in [0.2, 0.25) is 0 Å². The van der Waals surface area contributed by atoms with Crippen molar-refractivity contribution in [2.45, 2.75) is 52.0 Å². The maximum absolute atomic E-state index is 4.89. The van der Waals surface area contributed by atoms with E-state index in [2.05, 4.69) is 30.2 Å². The van der Waals surface area contributed by atoms with Crippen molar-refractivity contribution in [2.24, 2.45) is 4.99 Å². The maximum atomic E-state index is 4.89. The number of allylic oxidation sites excluding steroid dienone is 1. The highest BCUT2D eigenvalue weighted by molar-refractivity contribution is 8.32. The van der Waals surface area contributed by atoms with E-state index in [0.717, 1.165) is 0 Å². The molecule has 0 bridgehead atoms. The van der Waals surface area contributed by atoms with Crippen LogP contribution in [0.4, 0.5) is 0 Å². The van der Waals surface area contributed by atoms with E-state index >= 15 is 0 Å². The molecular weight excluding hydrogens is 228 g/mol. The molecule has 2 rings (SSSR count). The van der Waals surface area contributed by atoms with Crippen LogP contribution in [-0.4, -0.2) is 35.0 Å². The first-order chi connectivity index (χ1) is 8.31. The van der Waals surface area contributed by atoms with Gasteiger partial charge in [-0.15, -0.1) is 0 Å². The van der Waals surface area contributed by atoms with E-state index in [1.807, 2.05) is 0 Å². The van der Waals surface area contributed by atoms with Gasteiger partial charge in [0.1, 0.15) is 5.17 Å². The van der Waals surface area contributed by atoms with Gasteiger partial charge >= 0.3 is 0 Å². The van der Waals surface area contributed by atoms with Crippen LogP contribution in [-0.2, 0) is 0 Å². The molecule has 0 aromatic heterocycles. The van der Waals surface area contributed by atoms with Gasteiger partial charge in [0, 0.05) is 18.8 Å². The highest BCUT2D eigenvalue weighted by atomic mass is 32.2.